The number of hydrogen-bond donors (Lipinski definition) is 1. The minimum atomic E-state index is 0.184. The third kappa shape index (κ3) is 6.20. The summed E-state index contributed by atoms with van der Waals surface area (Å²) in [4.78, 5) is 0. The highest BCUT2D eigenvalue weighted by atomic mass is 35.5. The molecule has 164 valence electrons. The molecule has 0 aromatic heterocycles. The van der Waals surface area contributed by atoms with Crippen LogP contribution < -0.4 is 19.5 Å². The smallest absolute Gasteiger partial charge is 0.180 e. The topological polar surface area (TPSA) is 39.7 Å². The van der Waals surface area contributed by atoms with Crippen molar-refractivity contribution in [2.24, 2.45) is 0 Å². The number of nitrogens with one attached hydrogen (secondary N) is 1. The molecule has 7 heteroatoms. The molecule has 0 heterocycles. The monoisotopic (exact) mass is 479 g/mol. The van der Waals surface area contributed by atoms with Crippen LogP contribution in [0.1, 0.15) is 23.6 Å². The minimum Gasteiger partial charge on any atom is -0.496 e. The zero-order valence-corrected chi connectivity index (χ0v) is 19.7. The van der Waals surface area contributed by atoms with Crippen molar-refractivity contribution in [3.63, 3.8) is 0 Å². The molecule has 3 rings (SSSR count). The molecule has 3 aromatic carbocycles. The van der Waals surface area contributed by atoms with E-state index >= 15 is 0 Å². The third-order valence-electron chi connectivity index (χ3n) is 4.63. The number of benzene rings is 3. The molecule has 0 saturated heterocycles. The highest BCUT2D eigenvalue weighted by Gasteiger charge is 2.15. The zero-order chi connectivity index (χ0) is 22.2. The Morgan fingerprint density at radius 1 is 0.806 bits per heavy atom. The summed E-state index contributed by atoms with van der Waals surface area (Å²) < 4.78 is 17.1. The Morgan fingerprint density at radius 3 is 2.26 bits per heavy atom. The maximum atomic E-state index is 6.54. The van der Waals surface area contributed by atoms with Gasteiger partial charge in [0.15, 0.2) is 11.5 Å². The number of hydrogen-bond acceptors (Lipinski definition) is 4. The summed E-state index contributed by atoms with van der Waals surface area (Å²) in [7, 11) is 1.67. The summed E-state index contributed by atoms with van der Waals surface area (Å²) in [5, 5.41) is 4.95. The fourth-order valence-corrected chi connectivity index (χ4v) is 3.93. The van der Waals surface area contributed by atoms with Crippen LogP contribution in [0.5, 0.6) is 17.2 Å². The van der Waals surface area contributed by atoms with Gasteiger partial charge in [0.25, 0.3) is 0 Å². The van der Waals surface area contributed by atoms with Crippen molar-refractivity contribution in [3.05, 3.63) is 86.4 Å². The van der Waals surface area contributed by atoms with Gasteiger partial charge in [0.2, 0.25) is 0 Å². The molecule has 0 aliphatic heterocycles. The molecule has 0 spiro atoms. The van der Waals surface area contributed by atoms with Crippen molar-refractivity contribution in [2.45, 2.75) is 26.6 Å². The van der Waals surface area contributed by atoms with Crippen molar-refractivity contribution >= 4 is 34.8 Å². The van der Waals surface area contributed by atoms with Crippen LogP contribution in [0.3, 0.4) is 0 Å². The first-order chi connectivity index (χ1) is 15.0. The Balaban J connectivity index is 1.72. The van der Waals surface area contributed by atoms with Gasteiger partial charge in [-0.2, -0.15) is 0 Å². The summed E-state index contributed by atoms with van der Waals surface area (Å²) in [5.74, 6) is 1.89. The number of halogens is 3. The molecule has 31 heavy (non-hydrogen) atoms. The lowest BCUT2D eigenvalue weighted by Crippen LogP contribution is -2.13. The summed E-state index contributed by atoms with van der Waals surface area (Å²) in [6, 6.07) is 17.0. The van der Waals surface area contributed by atoms with Crippen LogP contribution in [0.25, 0.3) is 0 Å². The van der Waals surface area contributed by atoms with Crippen molar-refractivity contribution in [3.8, 4) is 17.2 Å². The maximum Gasteiger partial charge on any atom is 0.180 e. The summed E-state index contributed by atoms with van der Waals surface area (Å²) >= 11 is 19.0. The minimum absolute atomic E-state index is 0.184. The Kier molecular flexibility index (Phi) is 8.73. The Morgan fingerprint density at radius 2 is 1.55 bits per heavy atom. The summed E-state index contributed by atoms with van der Waals surface area (Å²) in [6.07, 6.45) is 0. The second-order valence-corrected chi connectivity index (χ2v) is 7.96. The number of ether oxygens (including phenoxy) is 3. The van der Waals surface area contributed by atoms with Gasteiger partial charge >= 0.3 is 0 Å². The molecule has 1 N–H and O–H groups in total. The van der Waals surface area contributed by atoms with Crippen LogP contribution in [-0.2, 0) is 19.7 Å². The van der Waals surface area contributed by atoms with Gasteiger partial charge in [-0.15, -0.1) is 0 Å². The predicted octanol–water partition coefficient (Wildman–Crippen LogP) is 6.92. The van der Waals surface area contributed by atoms with Crippen molar-refractivity contribution in [1.82, 2.24) is 5.32 Å². The van der Waals surface area contributed by atoms with E-state index in [1.54, 1.807) is 25.3 Å². The lowest BCUT2D eigenvalue weighted by molar-refractivity contribution is 0.269. The predicted molar refractivity (Wildman–Crippen MR) is 127 cm³/mol. The van der Waals surface area contributed by atoms with E-state index in [0.29, 0.717) is 51.8 Å². The van der Waals surface area contributed by atoms with Crippen LogP contribution in [0.4, 0.5) is 0 Å². The van der Waals surface area contributed by atoms with Gasteiger partial charge in [-0.25, -0.2) is 0 Å². The average Bonchev–Trinajstić information content (AvgIpc) is 2.75. The quantitative estimate of drug-likeness (QED) is 0.342. The number of methoxy groups -OCH3 is 1. The first-order valence-corrected chi connectivity index (χ1v) is 11.0. The largest absolute Gasteiger partial charge is 0.496 e. The average molecular weight is 481 g/mol. The van der Waals surface area contributed by atoms with Crippen LogP contribution in [0.15, 0.2) is 54.6 Å². The van der Waals surface area contributed by atoms with Crippen molar-refractivity contribution in [2.75, 3.05) is 13.7 Å². The van der Waals surface area contributed by atoms with E-state index in [1.165, 1.54) is 0 Å². The normalized spacial score (nSPS) is 10.7. The van der Waals surface area contributed by atoms with Crippen LogP contribution in [0.2, 0.25) is 15.1 Å². The second-order valence-electron chi connectivity index (χ2n) is 6.74. The molecule has 0 saturated carbocycles. The van der Waals surface area contributed by atoms with E-state index in [-0.39, 0.29) is 6.61 Å². The van der Waals surface area contributed by atoms with Gasteiger partial charge in [0.05, 0.1) is 18.7 Å². The Bertz CT molecular complexity index is 1010. The summed E-state index contributed by atoms with van der Waals surface area (Å²) in [6.45, 7) is 3.85. The van der Waals surface area contributed by atoms with E-state index in [2.05, 4.69) is 5.32 Å². The highest BCUT2D eigenvalue weighted by molar-refractivity contribution is 6.36. The Hall–Kier alpha value is -2.11. The second kappa shape index (κ2) is 11.5. The molecular weight excluding hydrogens is 457 g/mol. The maximum absolute atomic E-state index is 6.54. The van der Waals surface area contributed by atoms with Gasteiger partial charge in [-0.3, -0.25) is 0 Å². The van der Waals surface area contributed by atoms with E-state index in [9.17, 15) is 0 Å². The van der Waals surface area contributed by atoms with Gasteiger partial charge in [0, 0.05) is 34.3 Å². The molecule has 0 unspecified atom stereocenters. The molecular formula is C24H24Cl3NO3. The van der Waals surface area contributed by atoms with E-state index in [0.717, 1.165) is 16.9 Å². The van der Waals surface area contributed by atoms with E-state index in [1.807, 2.05) is 43.3 Å². The van der Waals surface area contributed by atoms with Crippen LogP contribution in [-0.4, -0.2) is 13.7 Å². The fourth-order valence-electron chi connectivity index (χ4n) is 3.13. The molecule has 0 aliphatic carbocycles. The fraction of sp³-hybridized carbons (Fsp3) is 0.250. The standard InChI is InChI=1S/C24H24Cl3NO3/c1-3-30-23-12-16(13-28-14-17-7-4-5-10-22(17)29-2)11-21(27)24(23)31-15-18-19(25)8-6-9-20(18)26/h4-12,28H,3,13-15H2,1-2H3. The van der Waals surface area contributed by atoms with Crippen molar-refractivity contribution in [1.29, 1.82) is 0 Å². The van der Waals surface area contributed by atoms with Crippen molar-refractivity contribution < 1.29 is 14.2 Å². The first-order valence-electron chi connectivity index (χ1n) is 9.87. The van der Waals surface area contributed by atoms with Crippen LogP contribution >= 0.6 is 34.8 Å². The molecule has 0 radical (unpaired) electrons. The van der Waals surface area contributed by atoms with Gasteiger partial charge in [-0.1, -0.05) is 59.1 Å². The molecule has 0 atom stereocenters. The van der Waals surface area contributed by atoms with E-state index < -0.39 is 0 Å². The third-order valence-corrected chi connectivity index (χ3v) is 5.62. The zero-order valence-electron chi connectivity index (χ0n) is 17.4. The number of rotatable bonds is 10. The van der Waals surface area contributed by atoms with Gasteiger partial charge < -0.3 is 19.5 Å². The van der Waals surface area contributed by atoms with Gasteiger partial charge in [0.1, 0.15) is 12.4 Å². The molecule has 4 nitrogen and oxygen atoms in total. The van der Waals surface area contributed by atoms with Crippen LogP contribution in [0, 0.1) is 0 Å². The molecule has 0 amide bonds. The molecule has 3 aromatic rings. The first kappa shape index (κ1) is 23.6. The van der Waals surface area contributed by atoms with Gasteiger partial charge in [-0.05, 0) is 42.8 Å². The summed E-state index contributed by atoms with van der Waals surface area (Å²) in [5.41, 5.74) is 2.76. The molecule has 0 aliphatic rings. The lowest BCUT2D eigenvalue weighted by atomic mass is 10.1. The lowest BCUT2D eigenvalue weighted by Gasteiger charge is -2.17. The Labute approximate surface area is 198 Å². The number of para-hydroxylation sites is 1. The SMILES string of the molecule is CCOc1cc(CNCc2ccccc2OC)cc(Cl)c1OCc1c(Cl)cccc1Cl. The van der Waals surface area contributed by atoms with E-state index in [4.69, 9.17) is 49.0 Å². The molecule has 0 fully saturated rings. The molecule has 0 bridgehead atoms. The highest BCUT2D eigenvalue weighted by Crippen LogP contribution is 2.38.